The zero-order chi connectivity index (χ0) is 16.8. The van der Waals surface area contributed by atoms with Crippen LogP contribution in [0.4, 0.5) is 5.69 Å². The number of ketones is 1. The van der Waals surface area contributed by atoms with E-state index >= 15 is 0 Å². The quantitative estimate of drug-likeness (QED) is 0.851. The summed E-state index contributed by atoms with van der Waals surface area (Å²) in [5.41, 5.74) is 1.33. The molecule has 1 atom stereocenters. The Morgan fingerprint density at radius 1 is 1.35 bits per heavy atom. The average molecular weight is 313 g/mol. The fourth-order valence-corrected chi connectivity index (χ4v) is 3.10. The molecule has 1 aliphatic rings. The van der Waals surface area contributed by atoms with Crippen LogP contribution in [0.2, 0.25) is 0 Å². The molecule has 1 amide bonds. The monoisotopic (exact) mass is 313 g/mol. The summed E-state index contributed by atoms with van der Waals surface area (Å²) in [5, 5.41) is 13.6. The molecule has 0 bridgehead atoms. The summed E-state index contributed by atoms with van der Waals surface area (Å²) in [7, 11) is 0. The summed E-state index contributed by atoms with van der Waals surface area (Å²) in [6.07, 6.45) is 1.98. The predicted octanol–water partition coefficient (Wildman–Crippen LogP) is 2.87. The number of furan rings is 1. The number of anilines is 1. The lowest BCUT2D eigenvalue weighted by Crippen LogP contribution is -2.36. The van der Waals surface area contributed by atoms with E-state index in [1.54, 1.807) is 26.0 Å². The summed E-state index contributed by atoms with van der Waals surface area (Å²) >= 11 is 0. The van der Waals surface area contributed by atoms with Crippen molar-refractivity contribution in [3.05, 3.63) is 52.5 Å². The highest BCUT2D eigenvalue weighted by molar-refractivity contribution is 6.09. The van der Waals surface area contributed by atoms with Gasteiger partial charge < -0.3 is 14.8 Å². The van der Waals surface area contributed by atoms with E-state index in [2.05, 4.69) is 5.32 Å². The number of benzene rings is 1. The van der Waals surface area contributed by atoms with Crippen LogP contribution in [0.1, 0.15) is 46.2 Å². The Labute approximate surface area is 134 Å². The van der Waals surface area contributed by atoms with Crippen molar-refractivity contribution in [1.82, 2.24) is 0 Å². The number of hydrogen-bond acceptors (Lipinski definition) is 4. The molecular formula is C18H19NO4. The number of nitrogens with one attached hydrogen (secondary N) is 1. The second-order valence-corrected chi connectivity index (χ2v) is 6.00. The normalized spacial score (nSPS) is 19.6. The molecule has 1 aromatic carbocycles. The van der Waals surface area contributed by atoms with Gasteiger partial charge in [-0.25, -0.2) is 0 Å². The van der Waals surface area contributed by atoms with Crippen LogP contribution >= 0.6 is 0 Å². The number of amides is 1. The number of aryl methyl sites for hydroxylation is 3. The predicted molar refractivity (Wildman–Crippen MR) is 85.5 cm³/mol. The maximum atomic E-state index is 12.6. The van der Waals surface area contributed by atoms with Gasteiger partial charge in [0.2, 0.25) is 0 Å². The molecule has 5 nitrogen and oxygen atoms in total. The highest BCUT2D eigenvalue weighted by Crippen LogP contribution is 2.40. The standard InChI is InChI=1S/C18H19NO4/c1-4-12-5-6-14-13(7-12)18(22,17(21)19-14)8-15(20)16-10(2)9-23-11(16)3/h5-7,9,22H,4,8H2,1-3H3,(H,19,21). The summed E-state index contributed by atoms with van der Waals surface area (Å²) in [5.74, 6) is -0.369. The topological polar surface area (TPSA) is 79.5 Å². The third-order valence-electron chi connectivity index (χ3n) is 4.42. The lowest BCUT2D eigenvalue weighted by atomic mass is 9.86. The highest BCUT2D eigenvalue weighted by Gasteiger charge is 2.47. The fraction of sp³-hybridized carbons (Fsp3) is 0.333. The van der Waals surface area contributed by atoms with E-state index < -0.39 is 11.5 Å². The molecule has 0 radical (unpaired) electrons. The Bertz CT molecular complexity index is 786. The lowest BCUT2D eigenvalue weighted by Gasteiger charge is -2.20. The van der Waals surface area contributed by atoms with Gasteiger partial charge in [-0.1, -0.05) is 19.1 Å². The second kappa shape index (κ2) is 5.35. The third kappa shape index (κ3) is 2.37. The summed E-state index contributed by atoms with van der Waals surface area (Å²) in [4.78, 5) is 24.9. The third-order valence-corrected chi connectivity index (χ3v) is 4.42. The molecule has 0 saturated carbocycles. The molecule has 1 aliphatic heterocycles. The first-order chi connectivity index (χ1) is 10.9. The second-order valence-electron chi connectivity index (χ2n) is 6.00. The largest absolute Gasteiger partial charge is 0.469 e. The number of hydrogen-bond donors (Lipinski definition) is 2. The first-order valence-electron chi connectivity index (χ1n) is 7.62. The van der Waals surface area contributed by atoms with Crippen molar-refractivity contribution in [1.29, 1.82) is 0 Å². The molecule has 2 heterocycles. The van der Waals surface area contributed by atoms with E-state index in [1.807, 2.05) is 13.0 Å². The van der Waals surface area contributed by atoms with Gasteiger partial charge >= 0.3 is 0 Å². The molecule has 0 aliphatic carbocycles. The summed E-state index contributed by atoms with van der Waals surface area (Å²) in [6.45, 7) is 5.46. The molecule has 5 heteroatoms. The molecule has 0 spiro atoms. The van der Waals surface area contributed by atoms with E-state index in [1.165, 1.54) is 6.26 Å². The first kappa shape index (κ1) is 15.5. The number of aliphatic hydroxyl groups is 1. The maximum Gasteiger partial charge on any atom is 0.261 e. The minimum absolute atomic E-state index is 0.304. The van der Waals surface area contributed by atoms with Gasteiger partial charge in [0.25, 0.3) is 5.91 Å². The average Bonchev–Trinajstić information content (AvgIpc) is 2.97. The lowest BCUT2D eigenvalue weighted by molar-refractivity contribution is -0.133. The Kier molecular flexibility index (Phi) is 3.60. The Morgan fingerprint density at radius 2 is 2.09 bits per heavy atom. The van der Waals surface area contributed by atoms with Crippen LogP contribution in [0, 0.1) is 13.8 Å². The summed E-state index contributed by atoms with van der Waals surface area (Å²) in [6, 6.07) is 5.45. The molecule has 2 aromatic rings. The minimum atomic E-state index is -1.84. The Balaban J connectivity index is 2.00. The van der Waals surface area contributed by atoms with E-state index in [0.717, 1.165) is 12.0 Å². The number of carbonyl (C=O) groups excluding carboxylic acids is 2. The molecule has 23 heavy (non-hydrogen) atoms. The van der Waals surface area contributed by atoms with E-state index in [-0.39, 0.29) is 12.2 Å². The van der Waals surface area contributed by atoms with Gasteiger partial charge in [0.1, 0.15) is 5.76 Å². The zero-order valence-electron chi connectivity index (χ0n) is 13.4. The van der Waals surface area contributed by atoms with E-state index in [9.17, 15) is 14.7 Å². The molecule has 3 rings (SSSR count). The van der Waals surface area contributed by atoms with E-state index in [0.29, 0.717) is 28.1 Å². The molecular weight excluding hydrogens is 294 g/mol. The molecule has 120 valence electrons. The van der Waals surface area contributed by atoms with Gasteiger partial charge in [0.15, 0.2) is 11.4 Å². The molecule has 1 aromatic heterocycles. The smallest absolute Gasteiger partial charge is 0.261 e. The SMILES string of the molecule is CCc1ccc2c(c1)C(O)(CC(=O)c1c(C)coc1C)C(=O)N2. The number of carbonyl (C=O) groups is 2. The van der Waals surface area contributed by atoms with Crippen LogP contribution in [0.3, 0.4) is 0 Å². The highest BCUT2D eigenvalue weighted by atomic mass is 16.3. The van der Waals surface area contributed by atoms with Gasteiger partial charge in [-0.05, 0) is 37.5 Å². The maximum absolute atomic E-state index is 12.6. The molecule has 1 unspecified atom stereocenters. The van der Waals surface area contributed by atoms with Crippen molar-refractivity contribution >= 4 is 17.4 Å². The van der Waals surface area contributed by atoms with Crippen LogP contribution in [-0.4, -0.2) is 16.8 Å². The van der Waals surface area contributed by atoms with Crippen LogP contribution in [0.5, 0.6) is 0 Å². The van der Waals surface area contributed by atoms with Crippen molar-refractivity contribution in [2.75, 3.05) is 5.32 Å². The summed E-state index contributed by atoms with van der Waals surface area (Å²) < 4.78 is 5.24. The van der Waals surface area contributed by atoms with Crippen LogP contribution in [0.25, 0.3) is 0 Å². The van der Waals surface area contributed by atoms with Crippen molar-refractivity contribution in [3.63, 3.8) is 0 Å². The van der Waals surface area contributed by atoms with Gasteiger partial charge in [0, 0.05) is 11.3 Å². The van der Waals surface area contributed by atoms with Crippen LogP contribution in [0.15, 0.2) is 28.9 Å². The van der Waals surface area contributed by atoms with Gasteiger partial charge in [-0.2, -0.15) is 0 Å². The van der Waals surface area contributed by atoms with Crippen LogP contribution in [-0.2, 0) is 16.8 Å². The number of rotatable bonds is 4. The number of fused-ring (bicyclic) bond motifs is 1. The van der Waals surface area contributed by atoms with Gasteiger partial charge in [-0.3, -0.25) is 9.59 Å². The van der Waals surface area contributed by atoms with Crippen molar-refractivity contribution in [3.8, 4) is 0 Å². The van der Waals surface area contributed by atoms with Crippen LogP contribution < -0.4 is 5.32 Å². The van der Waals surface area contributed by atoms with E-state index in [4.69, 9.17) is 4.42 Å². The molecule has 2 N–H and O–H groups in total. The first-order valence-corrected chi connectivity index (χ1v) is 7.62. The molecule has 0 fully saturated rings. The Hall–Kier alpha value is -2.40. The number of Topliss-reactive ketones (excluding diaryl/α,β-unsaturated/α-hetero) is 1. The van der Waals surface area contributed by atoms with Crippen molar-refractivity contribution in [2.24, 2.45) is 0 Å². The van der Waals surface area contributed by atoms with Crippen molar-refractivity contribution < 1.29 is 19.1 Å². The minimum Gasteiger partial charge on any atom is -0.469 e. The fourth-order valence-electron chi connectivity index (χ4n) is 3.10. The van der Waals surface area contributed by atoms with Gasteiger partial charge in [-0.15, -0.1) is 0 Å². The zero-order valence-corrected chi connectivity index (χ0v) is 13.4. The van der Waals surface area contributed by atoms with Gasteiger partial charge in [0.05, 0.1) is 18.2 Å². The van der Waals surface area contributed by atoms with Crippen molar-refractivity contribution in [2.45, 2.75) is 39.2 Å². The Morgan fingerprint density at radius 3 is 2.70 bits per heavy atom. The molecule has 0 saturated heterocycles.